The zero-order valence-corrected chi connectivity index (χ0v) is 13.3. The van der Waals surface area contributed by atoms with Gasteiger partial charge in [-0.15, -0.1) is 0 Å². The number of likely N-dealkylation sites (tertiary alicyclic amines) is 1. The quantitative estimate of drug-likeness (QED) is 0.756. The summed E-state index contributed by atoms with van der Waals surface area (Å²) in [7, 11) is 0. The Bertz CT molecular complexity index is 699. The summed E-state index contributed by atoms with van der Waals surface area (Å²) in [6, 6.07) is -0.242. The molecule has 1 fully saturated rings. The van der Waals surface area contributed by atoms with Crippen molar-refractivity contribution in [3.63, 3.8) is 0 Å². The van der Waals surface area contributed by atoms with Gasteiger partial charge in [0.25, 0.3) is 0 Å². The van der Waals surface area contributed by atoms with E-state index in [0.717, 1.165) is 4.90 Å². The molecule has 0 bridgehead atoms. The average molecular weight is 384 g/mol. The number of alkyl halides is 6. The molecule has 1 heterocycles. The Morgan fingerprint density at radius 3 is 1.96 bits per heavy atom. The normalized spacial score (nSPS) is 21.0. The smallest absolute Gasteiger partial charge is 0.416 e. The summed E-state index contributed by atoms with van der Waals surface area (Å²) in [5, 5.41) is 11.1. The van der Waals surface area contributed by atoms with E-state index in [1.165, 1.54) is 6.92 Å². The summed E-state index contributed by atoms with van der Waals surface area (Å²) in [6.07, 6.45) is -9.95. The van der Waals surface area contributed by atoms with Gasteiger partial charge in [0.1, 0.15) is 0 Å². The molecule has 1 atom stereocenters. The standard InChI is InChI=1S/C15H14F6N2O3/c1-13(11(24)25)2-3-23(7-13)12(26)22-10-5-8(14(16,17)18)4-9(6-10)15(19,20)21/h4-6H,2-3,7H2,1H3,(H,22,26)(H,24,25). The van der Waals surface area contributed by atoms with E-state index in [2.05, 4.69) is 0 Å². The molecular weight excluding hydrogens is 370 g/mol. The average Bonchev–Trinajstić information content (AvgIpc) is 2.89. The lowest BCUT2D eigenvalue weighted by Gasteiger charge is -2.21. The highest BCUT2D eigenvalue weighted by Crippen LogP contribution is 2.38. The van der Waals surface area contributed by atoms with Gasteiger partial charge >= 0.3 is 24.4 Å². The van der Waals surface area contributed by atoms with Crippen LogP contribution in [0.1, 0.15) is 24.5 Å². The second-order valence-electron chi connectivity index (χ2n) is 6.26. The molecule has 1 aliphatic heterocycles. The van der Waals surface area contributed by atoms with E-state index < -0.39 is 46.6 Å². The van der Waals surface area contributed by atoms with Gasteiger partial charge in [0.15, 0.2) is 0 Å². The number of urea groups is 1. The van der Waals surface area contributed by atoms with Crippen molar-refractivity contribution in [2.75, 3.05) is 18.4 Å². The summed E-state index contributed by atoms with van der Waals surface area (Å²) >= 11 is 0. The second-order valence-corrected chi connectivity index (χ2v) is 6.26. The Balaban J connectivity index is 2.26. The first-order chi connectivity index (χ1) is 11.7. The fourth-order valence-corrected chi connectivity index (χ4v) is 2.54. The minimum absolute atomic E-state index is 0.0136. The van der Waals surface area contributed by atoms with Crippen molar-refractivity contribution in [2.45, 2.75) is 25.7 Å². The van der Waals surface area contributed by atoms with Gasteiger partial charge in [-0.1, -0.05) is 0 Å². The molecule has 26 heavy (non-hydrogen) atoms. The number of nitrogens with one attached hydrogen (secondary N) is 1. The number of anilines is 1. The van der Waals surface area contributed by atoms with Crippen molar-refractivity contribution in [1.29, 1.82) is 0 Å². The number of hydrogen-bond donors (Lipinski definition) is 2. The molecule has 11 heteroatoms. The van der Waals surface area contributed by atoms with E-state index in [-0.39, 0.29) is 25.6 Å². The van der Waals surface area contributed by atoms with Crippen LogP contribution in [0.4, 0.5) is 36.8 Å². The van der Waals surface area contributed by atoms with Gasteiger partial charge in [0, 0.05) is 18.8 Å². The zero-order chi connectivity index (χ0) is 19.9. The number of rotatable bonds is 2. The van der Waals surface area contributed by atoms with Gasteiger partial charge in [0.05, 0.1) is 16.5 Å². The minimum atomic E-state index is -5.03. The van der Waals surface area contributed by atoms with Crippen LogP contribution in [-0.2, 0) is 17.1 Å². The van der Waals surface area contributed by atoms with Crippen LogP contribution in [0.25, 0.3) is 0 Å². The van der Waals surface area contributed by atoms with Gasteiger partial charge in [-0.25, -0.2) is 4.79 Å². The van der Waals surface area contributed by atoms with E-state index in [1.807, 2.05) is 5.32 Å². The van der Waals surface area contributed by atoms with Gasteiger partial charge in [-0.3, -0.25) is 4.79 Å². The van der Waals surface area contributed by atoms with E-state index in [4.69, 9.17) is 5.11 Å². The number of carbonyl (C=O) groups excluding carboxylic acids is 1. The van der Waals surface area contributed by atoms with E-state index in [9.17, 15) is 35.9 Å². The monoisotopic (exact) mass is 384 g/mol. The van der Waals surface area contributed by atoms with Crippen LogP contribution >= 0.6 is 0 Å². The molecule has 0 radical (unpaired) electrons. The number of carboxylic acids is 1. The molecule has 2 amide bonds. The maximum atomic E-state index is 12.8. The highest BCUT2D eigenvalue weighted by molar-refractivity contribution is 5.90. The number of hydrogen-bond acceptors (Lipinski definition) is 2. The van der Waals surface area contributed by atoms with Crippen molar-refractivity contribution >= 4 is 17.7 Å². The van der Waals surface area contributed by atoms with Crippen molar-refractivity contribution in [2.24, 2.45) is 5.41 Å². The Labute approximate surface area is 143 Å². The lowest BCUT2D eigenvalue weighted by Crippen LogP contribution is -2.37. The Hall–Kier alpha value is -2.46. The molecule has 0 aliphatic carbocycles. The summed E-state index contributed by atoms with van der Waals surface area (Å²) in [6.45, 7) is 1.20. The SMILES string of the molecule is CC1(C(=O)O)CCN(C(=O)Nc2cc(C(F)(F)F)cc(C(F)(F)F)c2)C1. The molecule has 0 saturated carbocycles. The lowest BCUT2D eigenvalue weighted by molar-refractivity contribution is -0.147. The summed E-state index contributed by atoms with van der Waals surface area (Å²) < 4.78 is 76.9. The van der Waals surface area contributed by atoms with Gasteiger partial charge in [-0.2, -0.15) is 26.3 Å². The molecule has 1 aromatic carbocycles. The highest BCUT2D eigenvalue weighted by Gasteiger charge is 2.42. The van der Waals surface area contributed by atoms with E-state index >= 15 is 0 Å². The maximum Gasteiger partial charge on any atom is 0.416 e. The molecule has 1 aromatic rings. The first kappa shape index (κ1) is 19.9. The molecule has 5 nitrogen and oxygen atoms in total. The van der Waals surface area contributed by atoms with Gasteiger partial charge < -0.3 is 15.3 Å². The first-order valence-electron chi connectivity index (χ1n) is 7.31. The second kappa shape index (κ2) is 6.36. The molecule has 2 rings (SSSR count). The van der Waals surface area contributed by atoms with E-state index in [1.54, 1.807) is 0 Å². The predicted octanol–water partition coefficient (Wildman–Crippen LogP) is 4.05. The van der Waals surface area contributed by atoms with Gasteiger partial charge in [-0.05, 0) is 31.5 Å². The number of amides is 2. The van der Waals surface area contributed by atoms with Crippen LogP contribution in [0, 0.1) is 5.41 Å². The van der Waals surface area contributed by atoms with Crippen LogP contribution in [0.15, 0.2) is 18.2 Å². The fourth-order valence-electron chi connectivity index (χ4n) is 2.54. The largest absolute Gasteiger partial charge is 0.481 e. The third-order valence-electron chi connectivity index (χ3n) is 4.12. The van der Waals surface area contributed by atoms with Crippen LogP contribution in [0.5, 0.6) is 0 Å². The molecule has 2 N–H and O–H groups in total. The topological polar surface area (TPSA) is 69.6 Å². The number of benzene rings is 1. The third-order valence-corrected chi connectivity index (χ3v) is 4.12. The van der Waals surface area contributed by atoms with Gasteiger partial charge in [0.2, 0.25) is 0 Å². The Morgan fingerprint density at radius 1 is 1.08 bits per heavy atom. The molecule has 0 spiro atoms. The number of carboxylic acid groups (broad SMARTS) is 1. The highest BCUT2D eigenvalue weighted by atomic mass is 19.4. The number of carbonyl (C=O) groups is 2. The lowest BCUT2D eigenvalue weighted by atomic mass is 9.90. The van der Waals surface area contributed by atoms with Crippen LogP contribution in [0.2, 0.25) is 0 Å². The molecule has 1 aliphatic rings. The molecule has 144 valence electrons. The van der Waals surface area contributed by atoms with Crippen molar-refractivity contribution in [1.82, 2.24) is 4.90 Å². The van der Waals surface area contributed by atoms with Crippen molar-refractivity contribution in [3.05, 3.63) is 29.3 Å². The zero-order valence-electron chi connectivity index (χ0n) is 13.3. The van der Waals surface area contributed by atoms with E-state index in [0.29, 0.717) is 12.1 Å². The minimum Gasteiger partial charge on any atom is -0.481 e. The number of nitrogens with zero attached hydrogens (tertiary/aromatic N) is 1. The van der Waals surface area contributed by atoms with Crippen molar-refractivity contribution in [3.8, 4) is 0 Å². The number of aliphatic carboxylic acids is 1. The molecule has 1 unspecified atom stereocenters. The Morgan fingerprint density at radius 2 is 1.58 bits per heavy atom. The van der Waals surface area contributed by atoms with Crippen molar-refractivity contribution < 1.29 is 41.0 Å². The Kier molecular flexibility index (Phi) is 4.86. The summed E-state index contributed by atoms with van der Waals surface area (Å²) in [5.41, 5.74) is -5.01. The fraction of sp³-hybridized carbons (Fsp3) is 0.467. The van der Waals surface area contributed by atoms with Crippen LogP contribution in [0.3, 0.4) is 0 Å². The molecule has 1 saturated heterocycles. The van der Waals surface area contributed by atoms with Crippen LogP contribution < -0.4 is 5.32 Å². The number of halogens is 6. The molecule has 0 aromatic heterocycles. The van der Waals surface area contributed by atoms with Crippen LogP contribution in [-0.4, -0.2) is 35.1 Å². The summed E-state index contributed by atoms with van der Waals surface area (Å²) in [5.74, 6) is -1.15. The third kappa shape index (κ3) is 4.20. The predicted molar refractivity (Wildman–Crippen MR) is 77.4 cm³/mol. The first-order valence-corrected chi connectivity index (χ1v) is 7.31. The maximum absolute atomic E-state index is 12.8. The molecular formula is C15H14F6N2O3. The summed E-state index contributed by atoms with van der Waals surface area (Å²) in [4.78, 5) is 24.3.